The number of rotatable bonds is 8. The molecule has 3 heterocycles. The summed E-state index contributed by atoms with van der Waals surface area (Å²) in [7, 11) is 1.59. The Kier molecular flexibility index (Phi) is 8.63. The van der Waals surface area contributed by atoms with Crippen molar-refractivity contribution in [2.45, 2.75) is 52.9 Å². The number of methoxy groups -OCH3 is 1. The van der Waals surface area contributed by atoms with E-state index in [4.69, 9.17) is 15.5 Å². The van der Waals surface area contributed by atoms with Gasteiger partial charge in [-0.05, 0) is 111 Å². The third kappa shape index (κ3) is 5.97. The number of amidine groups is 1. The second-order valence-electron chi connectivity index (χ2n) is 9.84. The number of nitrogens with zero attached hydrogens (tertiary/aromatic N) is 2. The molecule has 0 spiro atoms. The first-order chi connectivity index (χ1) is 18.3. The Morgan fingerprint density at radius 1 is 1.24 bits per heavy atom. The van der Waals surface area contributed by atoms with Crippen LogP contribution in [-0.4, -0.2) is 36.0 Å². The summed E-state index contributed by atoms with van der Waals surface area (Å²) in [6.45, 7) is 10.2. The topological polar surface area (TPSA) is 117 Å². The monoisotopic (exact) mass is 514 g/mol. The molecule has 0 amide bonds. The number of anilines is 2. The maximum Gasteiger partial charge on any atom is 0.259 e. The second-order valence-corrected chi connectivity index (χ2v) is 9.84. The third-order valence-electron chi connectivity index (χ3n) is 7.22. The van der Waals surface area contributed by atoms with E-state index in [0.29, 0.717) is 34.4 Å². The summed E-state index contributed by atoms with van der Waals surface area (Å²) in [6.07, 6.45) is 6.44. The van der Waals surface area contributed by atoms with Crippen LogP contribution in [0.25, 0.3) is 16.3 Å². The van der Waals surface area contributed by atoms with Crippen molar-refractivity contribution in [1.29, 1.82) is 0 Å². The number of aromatic nitrogens is 2. The van der Waals surface area contributed by atoms with Gasteiger partial charge in [-0.25, -0.2) is 9.98 Å². The van der Waals surface area contributed by atoms with E-state index in [1.54, 1.807) is 19.5 Å². The van der Waals surface area contributed by atoms with Crippen molar-refractivity contribution in [1.82, 2.24) is 15.3 Å². The Labute approximate surface area is 224 Å². The Balaban J connectivity index is 1.70. The molecular weight excluding hydrogens is 476 g/mol. The smallest absolute Gasteiger partial charge is 0.259 e. The minimum Gasteiger partial charge on any atom is -0.493 e. The molecule has 8 nitrogen and oxygen atoms in total. The van der Waals surface area contributed by atoms with Gasteiger partial charge >= 0.3 is 0 Å². The van der Waals surface area contributed by atoms with Gasteiger partial charge in [0.05, 0.1) is 18.2 Å². The number of allylic oxidation sites excluding steroid dienone is 2. The Hall–Kier alpha value is -3.91. The number of hydrogen-bond donors (Lipinski definition) is 4. The predicted molar refractivity (Wildman–Crippen MR) is 157 cm³/mol. The first kappa shape index (κ1) is 27.1. The van der Waals surface area contributed by atoms with Gasteiger partial charge in [0.2, 0.25) is 0 Å². The number of H-pyrrole nitrogens is 1. The Morgan fingerprint density at radius 3 is 2.68 bits per heavy atom. The van der Waals surface area contributed by atoms with Gasteiger partial charge in [-0.15, -0.1) is 0 Å². The molecule has 0 unspecified atom stereocenters. The van der Waals surface area contributed by atoms with Crippen LogP contribution in [0, 0.1) is 6.92 Å². The molecule has 0 radical (unpaired) electrons. The lowest BCUT2D eigenvalue weighted by atomic mass is 9.87. The number of benzene rings is 1. The van der Waals surface area contributed by atoms with Crippen LogP contribution < -0.4 is 21.9 Å². The minimum atomic E-state index is -0.194. The normalized spacial score (nSPS) is 15.9. The van der Waals surface area contributed by atoms with E-state index in [-0.39, 0.29) is 5.56 Å². The molecule has 8 heteroatoms. The van der Waals surface area contributed by atoms with E-state index in [1.807, 2.05) is 32.9 Å². The molecule has 38 heavy (non-hydrogen) atoms. The van der Waals surface area contributed by atoms with Gasteiger partial charge in [0.1, 0.15) is 5.82 Å². The van der Waals surface area contributed by atoms with Gasteiger partial charge in [0.25, 0.3) is 5.56 Å². The molecular formula is C30H38N6O2. The molecule has 200 valence electrons. The fraction of sp³-hybridized carbons (Fsp3) is 0.367. The standard InChI is InChI=1S/C30H38N6O2/c1-6-18(2)27(38-5)28(31)34-17-20(4)25-16-22-11-14-33-30(37)26(22)29(36-25)35-23-7-8-24(19(3)15-23)21-9-12-32-13-10-21/h7-8,11,14-17,21,32H,6,9-10,12-13H2,1-5H3,(H2,31,34)(H,33,37)(H,35,36)/b20-17+,27-18?. The molecule has 1 aliphatic rings. The van der Waals surface area contributed by atoms with Crippen LogP contribution in [0.15, 0.2) is 63.8 Å². The lowest BCUT2D eigenvalue weighted by molar-refractivity contribution is 0.309. The molecule has 0 saturated carbocycles. The van der Waals surface area contributed by atoms with Crippen LogP contribution in [0.2, 0.25) is 0 Å². The molecule has 2 aromatic heterocycles. The number of aliphatic imine (C=N–C) groups is 1. The van der Waals surface area contributed by atoms with E-state index in [1.165, 1.54) is 11.1 Å². The van der Waals surface area contributed by atoms with Gasteiger partial charge in [0.15, 0.2) is 11.6 Å². The van der Waals surface area contributed by atoms with Crippen molar-refractivity contribution >= 4 is 33.7 Å². The zero-order chi connectivity index (χ0) is 27.2. The summed E-state index contributed by atoms with van der Waals surface area (Å²) >= 11 is 0. The highest BCUT2D eigenvalue weighted by atomic mass is 16.5. The van der Waals surface area contributed by atoms with Gasteiger partial charge in [-0.1, -0.05) is 13.0 Å². The van der Waals surface area contributed by atoms with Crippen molar-refractivity contribution in [3.05, 3.63) is 81.2 Å². The molecule has 1 aliphatic heterocycles. The number of ether oxygens (including phenoxy) is 1. The number of pyridine rings is 2. The van der Waals surface area contributed by atoms with Gasteiger partial charge in [0, 0.05) is 18.1 Å². The summed E-state index contributed by atoms with van der Waals surface area (Å²) < 4.78 is 5.44. The van der Waals surface area contributed by atoms with Crippen molar-refractivity contribution in [2.75, 3.05) is 25.5 Å². The van der Waals surface area contributed by atoms with Crippen molar-refractivity contribution in [3.8, 4) is 0 Å². The molecule has 3 aromatic rings. The maximum absolute atomic E-state index is 12.8. The zero-order valence-electron chi connectivity index (χ0n) is 22.9. The largest absolute Gasteiger partial charge is 0.493 e. The molecule has 0 aliphatic carbocycles. The van der Waals surface area contributed by atoms with Crippen molar-refractivity contribution < 1.29 is 4.74 Å². The van der Waals surface area contributed by atoms with Crippen molar-refractivity contribution in [3.63, 3.8) is 0 Å². The van der Waals surface area contributed by atoms with Crippen LogP contribution in [-0.2, 0) is 4.74 Å². The maximum atomic E-state index is 12.8. The molecule has 0 atom stereocenters. The Morgan fingerprint density at radius 2 is 2.00 bits per heavy atom. The first-order valence-electron chi connectivity index (χ1n) is 13.2. The number of nitrogens with one attached hydrogen (secondary N) is 3. The predicted octanol–water partition coefficient (Wildman–Crippen LogP) is 5.49. The molecule has 1 fully saturated rings. The molecule has 4 rings (SSSR count). The van der Waals surface area contributed by atoms with E-state index in [2.05, 4.69) is 45.7 Å². The average Bonchev–Trinajstić information content (AvgIpc) is 2.92. The van der Waals surface area contributed by atoms with Gasteiger partial charge in [-0.2, -0.15) is 0 Å². The number of nitrogens with two attached hydrogens (primary N) is 1. The average molecular weight is 515 g/mol. The fourth-order valence-corrected chi connectivity index (χ4v) is 4.94. The highest BCUT2D eigenvalue weighted by molar-refractivity contribution is 5.97. The highest BCUT2D eigenvalue weighted by Crippen LogP contribution is 2.31. The quantitative estimate of drug-likeness (QED) is 0.179. The fourth-order valence-electron chi connectivity index (χ4n) is 4.94. The first-order valence-corrected chi connectivity index (χ1v) is 13.2. The Bertz CT molecular complexity index is 1460. The summed E-state index contributed by atoms with van der Waals surface area (Å²) in [4.78, 5) is 24.8. The van der Waals surface area contributed by atoms with Crippen LogP contribution in [0.5, 0.6) is 0 Å². The van der Waals surface area contributed by atoms with E-state index >= 15 is 0 Å². The van der Waals surface area contributed by atoms with Crippen LogP contribution in [0.4, 0.5) is 11.5 Å². The number of aryl methyl sites for hydroxylation is 1. The zero-order valence-corrected chi connectivity index (χ0v) is 22.9. The van der Waals surface area contributed by atoms with Crippen LogP contribution in [0.1, 0.15) is 62.8 Å². The lowest BCUT2D eigenvalue weighted by Gasteiger charge is -2.25. The summed E-state index contributed by atoms with van der Waals surface area (Å²) in [5.74, 6) is 1.97. The van der Waals surface area contributed by atoms with Crippen LogP contribution in [0.3, 0.4) is 0 Å². The summed E-state index contributed by atoms with van der Waals surface area (Å²) in [5.41, 5.74) is 12.0. The highest BCUT2D eigenvalue weighted by Gasteiger charge is 2.18. The van der Waals surface area contributed by atoms with E-state index in [9.17, 15) is 4.79 Å². The SMILES string of the molecule is CCC(C)=C(OC)C(N)=N/C=C(\C)c1cc2cc[nH]c(=O)c2c(Nc2ccc(C3CCNCC3)c(C)c2)n1. The molecule has 5 N–H and O–H groups in total. The second kappa shape index (κ2) is 12.1. The minimum absolute atomic E-state index is 0.194. The number of aromatic amines is 1. The summed E-state index contributed by atoms with van der Waals surface area (Å²) in [5, 5.41) is 8.14. The van der Waals surface area contributed by atoms with E-state index < -0.39 is 0 Å². The third-order valence-corrected chi connectivity index (χ3v) is 7.22. The lowest BCUT2D eigenvalue weighted by Crippen LogP contribution is -2.26. The van der Waals surface area contributed by atoms with Gasteiger partial charge in [-0.3, -0.25) is 4.79 Å². The summed E-state index contributed by atoms with van der Waals surface area (Å²) in [6, 6.07) is 10.2. The molecule has 1 aromatic carbocycles. The van der Waals surface area contributed by atoms with E-state index in [0.717, 1.165) is 54.6 Å². The number of fused-ring (bicyclic) bond motifs is 1. The molecule has 1 saturated heterocycles. The number of piperidine rings is 1. The van der Waals surface area contributed by atoms with Crippen molar-refractivity contribution in [2.24, 2.45) is 10.7 Å². The number of hydrogen-bond acceptors (Lipinski definition) is 6. The van der Waals surface area contributed by atoms with Crippen LogP contribution >= 0.6 is 0 Å². The molecule has 0 bridgehead atoms. The van der Waals surface area contributed by atoms with Gasteiger partial charge < -0.3 is 26.1 Å².